The minimum Gasteiger partial charge on any atom is -0.491 e. The maximum Gasteiger partial charge on any atom is 0.335 e. The van der Waals surface area contributed by atoms with Gasteiger partial charge in [0.1, 0.15) is 17.9 Å². The third kappa shape index (κ3) is 4.72. The Morgan fingerprint density at radius 2 is 1.73 bits per heavy atom. The molecule has 0 unspecified atom stereocenters. The minimum absolute atomic E-state index is 0.103. The average Bonchev–Trinajstić information content (AvgIpc) is 3.25. The Bertz CT molecular complexity index is 1220. The molecule has 33 heavy (non-hydrogen) atoms. The number of benzene rings is 2. The van der Waals surface area contributed by atoms with Crippen LogP contribution < -0.4 is 15.0 Å². The first-order chi connectivity index (χ1) is 16.0. The molecule has 0 bridgehead atoms. The molecule has 168 valence electrons. The fourth-order valence-corrected chi connectivity index (χ4v) is 3.65. The number of carbonyl (C=O) groups excluding carboxylic acids is 3. The number of amides is 4. The van der Waals surface area contributed by atoms with Crippen molar-refractivity contribution in [3.8, 4) is 5.75 Å². The van der Waals surface area contributed by atoms with Crippen molar-refractivity contribution in [3.05, 3.63) is 89.3 Å². The Morgan fingerprint density at radius 3 is 2.45 bits per heavy atom. The first kappa shape index (κ1) is 22.1. The van der Waals surface area contributed by atoms with E-state index in [4.69, 9.17) is 4.74 Å². The van der Waals surface area contributed by atoms with Crippen LogP contribution in [0.4, 0.5) is 10.5 Å². The van der Waals surface area contributed by atoms with E-state index in [0.29, 0.717) is 24.5 Å². The topological polar surface area (TPSA) is 80.6 Å². The van der Waals surface area contributed by atoms with Crippen LogP contribution in [-0.4, -0.2) is 29.0 Å². The summed E-state index contributed by atoms with van der Waals surface area (Å²) in [4.78, 5) is 39.0. The zero-order chi connectivity index (χ0) is 23.4. The zero-order valence-electron chi connectivity index (χ0n) is 18.6. The molecule has 1 aromatic heterocycles. The summed E-state index contributed by atoms with van der Waals surface area (Å²) in [5.74, 6) is -0.554. The Morgan fingerprint density at radius 1 is 0.970 bits per heavy atom. The number of barbiturate groups is 1. The van der Waals surface area contributed by atoms with Gasteiger partial charge in [-0.3, -0.25) is 14.9 Å². The van der Waals surface area contributed by atoms with Gasteiger partial charge >= 0.3 is 6.03 Å². The van der Waals surface area contributed by atoms with E-state index in [1.165, 1.54) is 6.08 Å². The molecule has 1 N–H and O–H groups in total. The molecule has 0 atom stereocenters. The molecule has 1 saturated heterocycles. The Hall–Kier alpha value is -4.13. The highest BCUT2D eigenvalue weighted by molar-refractivity contribution is 6.39. The third-order valence-corrected chi connectivity index (χ3v) is 5.54. The number of aromatic nitrogens is 1. The van der Waals surface area contributed by atoms with Gasteiger partial charge in [-0.2, -0.15) is 0 Å². The lowest BCUT2D eigenvalue weighted by Gasteiger charge is -2.26. The van der Waals surface area contributed by atoms with Crippen molar-refractivity contribution in [2.24, 2.45) is 0 Å². The van der Waals surface area contributed by atoms with E-state index >= 15 is 0 Å². The fourth-order valence-electron chi connectivity index (χ4n) is 3.65. The van der Waals surface area contributed by atoms with Crippen LogP contribution in [0, 0.1) is 6.92 Å². The lowest BCUT2D eigenvalue weighted by atomic mass is 10.1. The number of anilines is 1. The SMILES string of the molecule is CCc1ccc(N2C(=O)NC(=O)C(=Cc3cccn3CCOc3ccccc3C)C2=O)cc1. The minimum atomic E-state index is -0.756. The molecular weight excluding hydrogens is 418 g/mol. The monoisotopic (exact) mass is 443 g/mol. The Kier molecular flexibility index (Phi) is 6.40. The molecule has 0 radical (unpaired) electrons. The van der Waals surface area contributed by atoms with Crippen LogP contribution in [0.25, 0.3) is 6.08 Å². The summed E-state index contributed by atoms with van der Waals surface area (Å²) in [5, 5.41) is 2.26. The van der Waals surface area contributed by atoms with Crippen molar-refractivity contribution in [2.75, 3.05) is 11.5 Å². The highest BCUT2D eigenvalue weighted by Crippen LogP contribution is 2.23. The zero-order valence-corrected chi connectivity index (χ0v) is 18.6. The molecule has 1 aliphatic rings. The third-order valence-electron chi connectivity index (χ3n) is 5.54. The van der Waals surface area contributed by atoms with Gasteiger partial charge in [0.25, 0.3) is 11.8 Å². The smallest absolute Gasteiger partial charge is 0.335 e. The van der Waals surface area contributed by atoms with Gasteiger partial charge in [0.2, 0.25) is 0 Å². The van der Waals surface area contributed by atoms with E-state index in [-0.39, 0.29) is 5.57 Å². The van der Waals surface area contributed by atoms with Crippen LogP contribution in [0.15, 0.2) is 72.4 Å². The summed E-state index contributed by atoms with van der Waals surface area (Å²) < 4.78 is 7.76. The molecule has 7 heteroatoms. The van der Waals surface area contributed by atoms with Gasteiger partial charge in [-0.1, -0.05) is 37.3 Å². The first-order valence-electron chi connectivity index (χ1n) is 10.8. The van der Waals surface area contributed by atoms with Gasteiger partial charge in [-0.15, -0.1) is 0 Å². The quantitative estimate of drug-likeness (QED) is 0.440. The number of carbonyl (C=O) groups is 3. The van der Waals surface area contributed by atoms with Crippen molar-refractivity contribution in [1.82, 2.24) is 9.88 Å². The number of hydrogen-bond donors (Lipinski definition) is 1. The summed E-state index contributed by atoms with van der Waals surface area (Å²) in [6.45, 7) is 4.95. The summed E-state index contributed by atoms with van der Waals surface area (Å²) in [5.41, 5.74) is 3.11. The summed E-state index contributed by atoms with van der Waals surface area (Å²) in [7, 11) is 0. The summed E-state index contributed by atoms with van der Waals surface area (Å²) in [6, 6.07) is 17.8. The molecule has 0 saturated carbocycles. The van der Waals surface area contributed by atoms with Crippen molar-refractivity contribution >= 4 is 29.6 Å². The van der Waals surface area contributed by atoms with Crippen LogP contribution in [0.2, 0.25) is 0 Å². The normalized spacial score (nSPS) is 15.2. The Balaban J connectivity index is 1.53. The van der Waals surface area contributed by atoms with Crippen molar-refractivity contribution < 1.29 is 19.1 Å². The average molecular weight is 444 g/mol. The van der Waals surface area contributed by atoms with Gasteiger partial charge < -0.3 is 9.30 Å². The number of hydrogen-bond acceptors (Lipinski definition) is 4. The lowest BCUT2D eigenvalue weighted by Crippen LogP contribution is -2.54. The van der Waals surface area contributed by atoms with E-state index in [2.05, 4.69) is 5.32 Å². The van der Waals surface area contributed by atoms with Gasteiger partial charge in [0.15, 0.2) is 0 Å². The van der Waals surface area contributed by atoms with Gasteiger partial charge in [0.05, 0.1) is 12.2 Å². The number of aryl methyl sites for hydroxylation is 2. The second-order valence-corrected chi connectivity index (χ2v) is 7.72. The number of ether oxygens (including phenoxy) is 1. The van der Waals surface area contributed by atoms with E-state index in [1.807, 2.05) is 67.1 Å². The second kappa shape index (κ2) is 9.56. The molecule has 3 aromatic rings. The first-order valence-corrected chi connectivity index (χ1v) is 10.8. The molecule has 0 spiro atoms. The molecular formula is C26H25N3O4. The molecule has 1 fully saturated rings. The molecule has 2 heterocycles. The van der Waals surface area contributed by atoms with Crippen molar-refractivity contribution in [3.63, 3.8) is 0 Å². The van der Waals surface area contributed by atoms with E-state index in [0.717, 1.165) is 28.2 Å². The van der Waals surface area contributed by atoms with Crippen LogP contribution >= 0.6 is 0 Å². The number of imide groups is 2. The van der Waals surface area contributed by atoms with E-state index in [1.54, 1.807) is 18.2 Å². The predicted molar refractivity (Wildman–Crippen MR) is 126 cm³/mol. The second-order valence-electron chi connectivity index (χ2n) is 7.72. The maximum atomic E-state index is 13.1. The number of urea groups is 1. The van der Waals surface area contributed by atoms with Crippen LogP contribution in [0.3, 0.4) is 0 Å². The molecule has 0 aliphatic carbocycles. The van der Waals surface area contributed by atoms with Gasteiger partial charge in [0, 0.05) is 11.9 Å². The molecule has 2 aromatic carbocycles. The largest absolute Gasteiger partial charge is 0.491 e. The van der Waals surface area contributed by atoms with Crippen LogP contribution in [0.5, 0.6) is 5.75 Å². The Labute approximate surface area is 192 Å². The standard InChI is InChI=1S/C26H25N3O4/c1-3-19-10-12-20(13-11-19)29-25(31)22(24(30)27-26(29)32)17-21-8-6-14-28(21)15-16-33-23-9-5-4-7-18(23)2/h4-14,17H,3,15-16H2,1-2H3,(H,27,30,32). The van der Waals surface area contributed by atoms with Crippen molar-refractivity contribution in [1.29, 1.82) is 0 Å². The number of rotatable bonds is 7. The number of nitrogens with one attached hydrogen (secondary N) is 1. The predicted octanol–water partition coefficient (Wildman–Crippen LogP) is 4.10. The lowest BCUT2D eigenvalue weighted by molar-refractivity contribution is -0.122. The summed E-state index contributed by atoms with van der Waals surface area (Å²) in [6.07, 6.45) is 4.20. The van der Waals surface area contributed by atoms with Crippen LogP contribution in [-0.2, 0) is 22.6 Å². The van der Waals surface area contributed by atoms with E-state index in [9.17, 15) is 14.4 Å². The van der Waals surface area contributed by atoms with Gasteiger partial charge in [-0.05, 0) is 60.9 Å². The highest BCUT2D eigenvalue weighted by atomic mass is 16.5. The number of nitrogens with zero attached hydrogens (tertiary/aromatic N) is 2. The van der Waals surface area contributed by atoms with E-state index < -0.39 is 17.8 Å². The van der Waals surface area contributed by atoms with Crippen molar-refractivity contribution in [2.45, 2.75) is 26.8 Å². The van der Waals surface area contributed by atoms with Gasteiger partial charge in [-0.25, -0.2) is 9.69 Å². The summed E-state index contributed by atoms with van der Waals surface area (Å²) >= 11 is 0. The molecule has 4 rings (SSSR count). The molecule has 1 aliphatic heterocycles. The number of para-hydroxylation sites is 1. The molecule has 7 nitrogen and oxygen atoms in total. The maximum absolute atomic E-state index is 13.1. The highest BCUT2D eigenvalue weighted by Gasteiger charge is 2.36. The van der Waals surface area contributed by atoms with Crippen LogP contribution in [0.1, 0.15) is 23.7 Å². The molecule has 4 amide bonds. The fraction of sp³-hybridized carbons (Fsp3) is 0.192.